The number of para-hydroxylation sites is 1. The maximum absolute atomic E-state index is 13.9. The Balaban J connectivity index is 1.81. The van der Waals surface area contributed by atoms with E-state index in [0.29, 0.717) is 11.7 Å². The van der Waals surface area contributed by atoms with E-state index in [1.807, 2.05) is 37.3 Å². The molecule has 0 spiro atoms. The molecule has 0 radical (unpaired) electrons. The van der Waals surface area contributed by atoms with Crippen molar-refractivity contribution in [1.82, 2.24) is 19.2 Å². The van der Waals surface area contributed by atoms with E-state index in [2.05, 4.69) is 41.9 Å². The SMILES string of the molecule is C=C(C)CSc1nnc2n(-c3ccccc3)c(=O)c3c4c(sc3n12)C[C@H](C(C)(C)C)CC4. The molecule has 1 aromatic carbocycles. The van der Waals surface area contributed by atoms with Gasteiger partial charge in [-0.1, -0.05) is 62.9 Å². The first kappa shape index (κ1) is 21.5. The van der Waals surface area contributed by atoms with Crippen LogP contribution in [0.1, 0.15) is 44.6 Å². The first-order valence-electron chi connectivity index (χ1n) is 11.0. The van der Waals surface area contributed by atoms with Gasteiger partial charge in [0.1, 0.15) is 4.83 Å². The number of aromatic nitrogens is 4. The Labute approximate surface area is 196 Å². The van der Waals surface area contributed by atoms with Crippen molar-refractivity contribution in [1.29, 1.82) is 0 Å². The van der Waals surface area contributed by atoms with Gasteiger partial charge in [-0.05, 0) is 55.2 Å². The van der Waals surface area contributed by atoms with Crippen molar-refractivity contribution in [3.63, 3.8) is 0 Å². The van der Waals surface area contributed by atoms with Gasteiger partial charge in [-0.2, -0.15) is 0 Å². The van der Waals surface area contributed by atoms with Crippen molar-refractivity contribution in [2.75, 3.05) is 5.75 Å². The summed E-state index contributed by atoms with van der Waals surface area (Å²) in [5.74, 6) is 1.96. The summed E-state index contributed by atoms with van der Waals surface area (Å²) in [6.45, 7) is 13.0. The van der Waals surface area contributed by atoms with Crippen LogP contribution in [0.25, 0.3) is 21.7 Å². The van der Waals surface area contributed by atoms with E-state index in [9.17, 15) is 4.79 Å². The topological polar surface area (TPSA) is 52.2 Å². The highest BCUT2D eigenvalue weighted by Crippen LogP contribution is 2.43. The van der Waals surface area contributed by atoms with E-state index in [0.717, 1.165) is 51.6 Å². The molecule has 0 saturated heterocycles. The molecule has 0 N–H and O–H groups in total. The van der Waals surface area contributed by atoms with Crippen LogP contribution in [-0.4, -0.2) is 24.9 Å². The first-order chi connectivity index (χ1) is 15.3. The van der Waals surface area contributed by atoms with Gasteiger partial charge >= 0.3 is 0 Å². The highest BCUT2D eigenvalue weighted by Gasteiger charge is 2.33. The molecule has 1 aliphatic rings. The van der Waals surface area contributed by atoms with Crippen molar-refractivity contribution in [3.8, 4) is 5.69 Å². The lowest BCUT2D eigenvalue weighted by Crippen LogP contribution is -2.27. The smallest absolute Gasteiger partial charge is 0.268 e. The molecule has 166 valence electrons. The van der Waals surface area contributed by atoms with Gasteiger partial charge in [0.05, 0.1) is 11.1 Å². The van der Waals surface area contributed by atoms with Gasteiger partial charge in [-0.3, -0.25) is 4.79 Å². The minimum absolute atomic E-state index is 0.00857. The second-order valence-electron chi connectivity index (χ2n) is 9.83. The van der Waals surface area contributed by atoms with E-state index >= 15 is 0 Å². The second kappa shape index (κ2) is 7.89. The van der Waals surface area contributed by atoms with Crippen LogP contribution in [0.5, 0.6) is 0 Å². The number of aryl methyl sites for hydroxylation is 1. The lowest BCUT2D eigenvalue weighted by atomic mass is 9.72. The van der Waals surface area contributed by atoms with Crippen LogP contribution in [0.4, 0.5) is 0 Å². The van der Waals surface area contributed by atoms with Crippen LogP contribution in [0.3, 0.4) is 0 Å². The van der Waals surface area contributed by atoms with E-state index in [1.54, 1.807) is 27.7 Å². The number of thiophene rings is 1. The molecule has 5 rings (SSSR count). The zero-order valence-electron chi connectivity index (χ0n) is 19.0. The Kier molecular flexibility index (Phi) is 5.29. The third-order valence-electron chi connectivity index (χ3n) is 6.37. The number of benzene rings is 1. The molecule has 0 saturated carbocycles. The molecule has 3 heterocycles. The van der Waals surface area contributed by atoms with Gasteiger partial charge < -0.3 is 0 Å². The molecule has 32 heavy (non-hydrogen) atoms. The maximum Gasteiger partial charge on any atom is 0.268 e. The molecule has 1 atom stereocenters. The summed E-state index contributed by atoms with van der Waals surface area (Å²) in [5.41, 5.74) is 3.39. The highest BCUT2D eigenvalue weighted by atomic mass is 32.2. The Morgan fingerprint density at radius 2 is 2.00 bits per heavy atom. The van der Waals surface area contributed by atoms with Crippen LogP contribution >= 0.6 is 23.1 Å². The van der Waals surface area contributed by atoms with Crippen molar-refractivity contribution >= 4 is 39.1 Å². The monoisotopic (exact) mass is 464 g/mol. The summed E-state index contributed by atoms with van der Waals surface area (Å²) in [7, 11) is 0. The Morgan fingerprint density at radius 3 is 2.69 bits per heavy atom. The van der Waals surface area contributed by atoms with Gasteiger partial charge in [0.2, 0.25) is 5.78 Å². The third-order valence-corrected chi connectivity index (χ3v) is 8.77. The average molecular weight is 465 g/mol. The quantitative estimate of drug-likeness (QED) is 0.278. The standard InChI is InChI=1S/C25H28N4OS2/c1-15(2)14-31-24-27-26-23-28(17-9-7-6-8-10-17)21(30)20-18-12-11-16(25(3,4)5)13-19(18)32-22(20)29(23)24/h6-10,16H,1,11-14H2,2-5H3/t16-/m1/s1. The number of thioether (sulfide) groups is 1. The van der Waals surface area contributed by atoms with Crippen molar-refractivity contribution in [3.05, 3.63) is 63.3 Å². The Morgan fingerprint density at radius 1 is 1.25 bits per heavy atom. The van der Waals surface area contributed by atoms with Gasteiger partial charge in [-0.15, -0.1) is 21.5 Å². The van der Waals surface area contributed by atoms with Crippen LogP contribution < -0.4 is 5.56 Å². The number of fused-ring (bicyclic) bond motifs is 5. The summed E-state index contributed by atoms with van der Waals surface area (Å²) in [5, 5.41) is 10.6. The molecular weight excluding hydrogens is 436 g/mol. The number of nitrogens with zero attached hydrogens (tertiary/aromatic N) is 4. The molecule has 7 heteroatoms. The van der Waals surface area contributed by atoms with Crippen LogP contribution in [0.15, 0.2) is 52.4 Å². The van der Waals surface area contributed by atoms with E-state index < -0.39 is 0 Å². The predicted molar refractivity (Wildman–Crippen MR) is 134 cm³/mol. The molecule has 0 fully saturated rings. The Bertz CT molecular complexity index is 1390. The molecule has 0 amide bonds. The number of hydrogen-bond donors (Lipinski definition) is 0. The largest absolute Gasteiger partial charge is 0.268 e. The lowest BCUT2D eigenvalue weighted by Gasteiger charge is -2.33. The highest BCUT2D eigenvalue weighted by molar-refractivity contribution is 7.99. The summed E-state index contributed by atoms with van der Waals surface area (Å²) in [4.78, 5) is 16.2. The minimum Gasteiger partial charge on any atom is -0.268 e. The van der Waals surface area contributed by atoms with Gasteiger partial charge in [0.15, 0.2) is 5.16 Å². The lowest BCUT2D eigenvalue weighted by molar-refractivity contribution is 0.218. The molecular formula is C25H28N4OS2. The van der Waals surface area contributed by atoms with Crippen molar-refractivity contribution < 1.29 is 0 Å². The Hall–Kier alpha value is -2.38. The minimum atomic E-state index is 0.00857. The molecule has 0 unspecified atom stereocenters. The maximum atomic E-state index is 13.9. The third kappa shape index (κ3) is 3.52. The fraction of sp³-hybridized carbons (Fsp3) is 0.400. The molecule has 3 aromatic heterocycles. The summed E-state index contributed by atoms with van der Waals surface area (Å²) in [6, 6.07) is 9.77. The summed E-state index contributed by atoms with van der Waals surface area (Å²) < 4.78 is 3.81. The van der Waals surface area contributed by atoms with Gasteiger partial charge in [0.25, 0.3) is 5.56 Å². The van der Waals surface area contributed by atoms with E-state index in [4.69, 9.17) is 0 Å². The molecule has 0 aliphatic heterocycles. The summed E-state index contributed by atoms with van der Waals surface area (Å²) in [6.07, 6.45) is 3.09. The van der Waals surface area contributed by atoms with Gasteiger partial charge in [0, 0.05) is 10.6 Å². The normalized spacial score (nSPS) is 16.6. The fourth-order valence-corrected chi connectivity index (χ4v) is 6.82. The van der Waals surface area contributed by atoms with E-state index in [-0.39, 0.29) is 11.0 Å². The van der Waals surface area contributed by atoms with Crippen molar-refractivity contribution in [2.24, 2.45) is 11.3 Å². The molecule has 5 nitrogen and oxygen atoms in total. The van der Waals surface area contributed by atoms with Crippen LogP contribution in [0, 0.1) is 11.3 Å². The van der Waals surface area contributed by atoms with Crippen LogP contribution in [-0.2, 0) is 12.8 Å². The fourth-order valence-electron chi connectivity index (χ4n) is 4.57. The number of rotatable bonds is 4. The molecule has 1 aliphatic carbocycles. The average Bonchev–Trinajstić information content (AvgIpc) is 3.33. The molecule has 0 bridgehead atoms. The van der Waals surface area contributed by atoms with Crippen molar-refractivity contribution in [2.45, 2.75) is 52.1 Å². The van der Waals surface area contributed by atoms with Gasteiger partial charge in [-0.25, -0.2) is 8.97 Å². The molecule has 4 aromatic rings. The van der Waals surface area contributed by atoms with E-state index in [1.165, 1.54) is 10.4 Å². The first-order valence-corrected chi connectivity index (χ1v) is 12.8. The van der Waals surface area contributed by atoms with Crippen LogP contribution in [0.2, 0.25) is 0 Å². The predicted octanol–water partition coefficient (Wildman–Crippen LogP) is 5.91. The number of hydrogen-bond acceptors (Lipinski definition) is 5. The zero-order chi connectivity index (χ0) is 22.6. The zero-order valence-corrected chi connectivity index (χ0v) is 20.6. The second-order valence-corrected chi connectivity index (χ2v) is 11.9. The summed E-state index contributed by atoms with van der Waals surface area (Å²) >= 11 is 3.38.